The molecule has 2 rings (SSSR count). The number of hydrogen-bond donors (Lipinski definition) is 3. The predicted molar refractivity (Wildman–Crippen MR) is 84.8 cm³/mol. The molecule has 0 aliphatic carbocycles. The number of hydrogen-bond acceptors (Lipinski definition) is 5. The van der Waals surface area contributed by atoms with E-state index in [1.807, 2.05) is 0 Å². The van der Waals surface area contributed by atoms with E-state index in [1.165, 1.54) is 7.11 Å². The van der Waals surface area contributed by atoms with E-state index in [0.29, 0.717) is 17.2 Å². The minimum Gasteiger partial charge on any atom is -0.493 e. The van der Waals surface area contributed by atoms with Crippen LogP contribution < -0.4 is 25.8 Å². The van der Waals surface area contributed by atoms with Gasteiger partial charge in [0.1, 0.15) is 0 Å². The molecule has 23 heavy (non-hydrogen) atoms. The first-order valence-corrected chi connectivity index (χ1v) is 6.92. The van der Waals surface area contributed by atoms with Crippen molar-refractivity contribution in [3.8, 4) is 11.5 Å². The van der Waals surface area contributed by atoms with Crippen LogP contribution in [0.1, 0.15) is 0 Å². The Balaban J connectivity index is 1.92. The van der Waals surface area contributed by atoms with Gasteiger partial charge in [0.15, 0.2) is 17.5 Å². The normalized spacial score (nSPS) is 14.7. The molecular formula is C14H19N5O4. The summed E-state index contributed by atoms with van der Waals surface area (Å²) in [5.74, 6) is 1.07. The Labute approximate surface area is 133 Å². The second kappa shape index (κ2) is 7.34. The number of carbonyl (C=O) groups excluding carboxylic acids is 2. The highest BCUT2D eigenvalue weighted by molar-refractivity contribution is 6.02. The summed E-state index contributed by atoms with van der Waals surface area (Å²) in [6.07, 6.45) is 0. The van der Waals surface area contributed by atoms with Crippen LogP contribution in [0.4, 0.5) is 10.5 Å². The van der Waals surface area contributed by atoms with Crippen LogP contribution in [0.2, 0.25) is 0 Å². The van der Waals surface area contributed by atoms with Crippen molar-refractivity contribution in [2.24, 2.45) is 10.7 Å². The van der Waals surface area contributed by atoms with Crippen LogP contribution in [-0.4, -0.2) is 56.7 Å². The number of nitrogens with zero attached hydrogens (tertiary/aromatic N) is 2. The topological polar surface area (TPSA) is 118 Å². The fraction of sp³-hybridized carbons (Fsp3) is 0.357. The number of carbonyl (C=O) groups is 2. The Hall–Kier alpha value is -2.97. The molecule has 1 heterocycles. The van der Waals surface area contributed by atoms with Gasteiger partial charge in [-0.25, -0.2) is 4.79 Å². The fourth-order valence-corrected chi connectivity index (χ4v) is 2.05. The summed E-state index contributed by atoms with van der Waals surface area (Å²) in [4.78, 5) is 28.0. The second-order valence-corrected chi connectivity index (χ2v) is 4.67. The van der Waals surface area contributed by atoms with E-state index in [2.05, 4.69) is 15.6 Å². The molecule has 0 spiro atoms. The van der Waals surface area contributed by atoms with Crippen LogP contribution in [0.25, 0.3) is 0 Å². The van der Waals surface area contributed by atoms with Gasteiger partial charge in [-0.3, -0.25) is 14.7 Å². The van der Waals surface area contributed by atoms with Gasteiger partial charge in [-0.05, 0) is 12.1 Å². The maximum Gasteiger partial charge on any atom is 0.324 e. The number of rotatable bonds is 6. The molecule has 0 radical (unpaired) electrons. The average Bonchev–Trinajstić information content (AvgIpc) is 2.86. The summed E-state index contributed by atoms with van der Waals surface area (Å²) in [5.41, 5.74) is 6.46. The maximum absolute atomic E-state index is 11.4. The van der Waals surface area contributed by atoms with Crippen molar-refractivity contribution in [2.45, 2.75) is 0 Å². The van der Waals surface area contributed by atoms with E-state index in [-0.39, 0.29) is 31.5 Å². The first-order chi connectivity index (χ1) is 11.0. The Morgan fingerprint density at radius 2 is 2.09 bits per heavy atom. The zero-order valence-electron chi connectivity index (χ0n) is 13.0. The van der Waals surface area contributed by atoms with E-state index in [1.54, 1.807) is 25.3 Å². The van der Waals surface area contributed by atoms with Crippen molar-refractivity contribution in [3.63, 3.8) is 0 Å². The molecule has 1 saturated heterocycles. The molecule has 1 fully saturated rings. The lowest BCUT2D eigenvalue weighted by molar-refractivity contribution is -0.124. The highest BCUT2D eigenvalue weighted by Gasteiger charge is 2.27. The Kier molecular flexibility index (Phi) is 5.23. The van der Waals surface area contributed by atoms with Crippen molar-refractivity contribution in [1.29, 1.82) is 0 Å². The maximum atomic E-state index is 11.4. The van der Waals surface area contributed by atoms with Crippen LogP contribution in [0, 0.1) is 0 Å². The molecule has 0 aromatic heterocycles. The molecule has 1 aromatic carbocycles. The van der Waals surface area contributed by atoms with Crippen LogP contribution in [0.3, 0.4) is 0 Å². The number of ether oxygens (including phenoxy) is 2. The molecular weight excluding hydrogens is 302 g/mol. The molecule has 0 unspecified atom stereocenters. The molecule has 0 bridgehead atoms. The lowest BCUT2D eigenvalue weighted by Crippen LogP contribution is -2.34. The van der Waals surface area contributed by atoms with Gasteiger partial charge in [0.05, 0.1) is 33.9 Å². The number of anilines is 1. The Morgan fingerprint density at radius 3 is 2.70 bits per heavy atom. The minimum atomic E-state index is -0.406. The molecule has 3 amide bonds. The molecule has 9 heteroatoms. The zero-order chi connectivity index (χ0) is 16.8. The fourth-order valence-electron chi connectivity index (χ4n) is 2.05. The second-order valence-electron chi connectivity index (χ2n) is 4.67. The third kappa shape index (κ3) is 4.02. The Morgan fingerprint density at radius 1 is 1.35 bits per heavy atom. The van der Waals surface area contributed by atoms with Crippen LogP contribution in [0.15, 0.2) is 23.2 Å². The van der Waals surface area contributed by atoms with Gasteiger partial charge >= 0.3 is 6.03 Å². The molecule has 0 saturated carbocycles. The van der Waals surface area contributed by atoms with Gasteiger partial charge < -0.3 is 25.8 Å². The number of urea groups is 1. The van der Waals surface area contributed by atoms with Gasteiger partial charge in [-0.15, -0.1) is 0 Å². The third-order valence-corrected chi connectivity index (χ3v) is 3.20. The summed E-state index contributed by atoms with van der Waals surface area (Å²) >= 11 is 0. The summed E-state index contributed by atoms with van der Waals surface area (Å²) in [6, 6.07) is 4.82. The minimum absolute atomic E-state index is 0.0297. The summed E-state index contributed by atoms with van der Waals surface area (Å²) in [6.45, 7) is 0.423. The van der Waals surface area contributed by atoms with Gasteiger partial charge in [-0.1, -0.05) is 0 Å². The molecule has 124 valence electrons. The summed E-state index contributed by atoms with van der Waals surface area (Å²) < 4.78 is 10.3. The molecule has 1 aromatic rings. The highest BCUT2D eigenvalue weighted by Crippen LogP contribution is 2.29. The van der Waals surface area contributed by atoms with Crippen molar-refractivity contribution >= 4 is 23.6 Å². The summed E-state index contributed by atoms with van der Waals surface area (Å²) in [7, 11) is 3.09. The molecule has 1 aliphatic heterocycles. The van der Waals surface area contributed by atoms with Crippen molar-refractivity contribution in [3.05, 3.63) is 18.2 Å². The van der Waals surface area contributed by atoms with E-state index in [9.17, 15) is 9.59 Å². The third-order valence-electron chi connectivity index (χ3n) is 3.20. The standard InChI is InChI=1S/C14H19N5O4/c1-22-10-4-3-9(7-11(10)23-2)18-13(15)16-5-6-19-12(20)8-17-14(19)21/h3-4,7H,5-6,8H2,1-2H3,(H,17,21)(H3,15,16,18). The number of aliphatic imine (C=N–C) groups is 1. The number of imide groups is 1. The quantitative estimate of drug-likeness (QED) is 0.385. The van der Waals surface area contributed by atoms with E-state index in [0.717, 1.165) is 4.90 Å². The van der Waals surface area contributed by atoms with E-state index in [4.69, 9.17) is 15.2 Å². The van der Waals surface area contributed by atoms with Gasteiger partial charge in [0.2, 0.25) is 5.91 Å². The van der Waals surface area contributed by atoms with Crippen LogP contribution in [-0.2, 0) is 4.79 Å². The van der Waals surface area contributed by atoms with Crippen LogP contribution >= 0.6 is 0 Å². The lowest BCUT2D eigenvalue weighted by Gasteiger charge is -2.12. The molecule has 9 nitrogen and oxygen atoms in total. The number of guanidine groups is 1. The average molecular weight is 321 g/mol. The first-order valence-electron chi connectivity index (χ1n) is 6.92. The smallest absolute Gasteiger partial charge is 0.324 e. The lowest BCUT2D eigenvalue weighted by atomic mass is 10.3. The number of nitrogens with one attached hydrogen (secondary N) is 2. The highest BCUT2D eigenvalue weighted by atomic mass is 16.5. The number of methoxy groups -OCH3 is 2. The SMILES string of the molecule is COc1ccc(NC(N)=NCCN2C(=O)CNC2=O)cc1OC. The number of nitrogens with two attached hydrogens (primary N) is 1. The zero-order valence-corrected chi connectivity index (χ0v) is 13.0. The molecule has 4 N–H and O–H groups in total. The van der Waals surface area contributed by atoms with E-state index < -0.39 is 6.03 Å². The van der Waals surface area contributed by atoms with Gasteiger partial charge in [0, 0.05) is 11.8 Å². The van der Waals surface area contributed by atoms with E-state index >= 15 is 0 Å². The monoisotopic (exact) mass is 321 g/mol. The van der Waals surface area contributed by atoms with Gasteiger partial charge in [-0.2, -0.15) is 0 Å². The Bertz CT molecular complexity index is 616. The van der Waals surface area contributed by atoms with Gasteiger partial charge in [0.25, 0.3) is 0 Å². The van der Waals surface area contributed by atoms with Crippen molar-refractivity contribution in [1.82, 2.24) is 10.2 Å². The van der Waals surface area contributed by atoms with Crippen LogP contribution in [0.5, 0.6) is 11.5 Å². The molecule has 1 aliphatic rings. The number of amides is 3. The predicted octanol–water partition coefficient (Wildman–Crippen LogP) is -0.0178. The first kappa shape index (κ1) is 16.4. The largest absolute Gasteiger partial charge is 0.493 e. The van der Waals surface area contributed by atoms with Crippen molar-refractivity contribution in [2.75, 3.05) is 39.2 Å². The summed E-state index contributed by atoms with van der Waals surface area (Å²) in [5, 5.41) is 5.34. The number of benzene rings is 1. The molecule has 0 atom stereocenters. The van der Waals surface area contributed by atoms with Crippen molar-refractivity contribution < 1.29 is 19.1 Å².